The molecular weight excluding hydrogens is 292 g/mol. The average molecular weight is 309 g/mol. The summed E-state index contributed by atoms with van der Waals surface area (Å²) >= 11 is 5.78. The summed E-state index contributed by atoms with van der Waals surface area (Å²) in [7, 11) is 0. The molecule has 1 heterocycles. The van der Waals surface area contributed by atoms with Gasteiger partial charge >= 0.3 is 6.03 Å². The molecule has 2 amide bonds. The Kier molecular flexibility index (Phi) is 5.66. The molecule has 0 aliphatic heterocycles. The molecule has 6 heteroatoms. The van der Waals surface area contributed by atoms with E-state index in [1.807, 2.05) is 12.1 Å². The minimum absolute atomic E-state index is 0.281. The largest absolute Gasteiger partial charge is 0.467 e. The van der Waals surface area contributed by atoms with E-state index >= 15 is 0 Å². The Hall–Kier alpha value is -1.98. The van der Waals surface area contributed by atoms with Gasteiger partial charge in [-0.1, -0.05) is 23.7 Å². The number of urea groups is 1. The molecule has 21 heavy (non-hydrogen) atoms. The maximum atomic E-state index is 11.6. The first kappa shape index (κ1) is 15.4. The molecule has 112 valence electrons. The van der Waals surface area contributed by atoms with E-state index in [1.165, 1.54) is 6.26 Å². The monoisotopic (exact) mass is 308 g/mol. The van der Waals surface area contributed by atoms with Gasteiger partial charge in [-0.05, 0) is 36.2 Å². The molecule has 5 nitrogen and oxygen atoms in total. The SMILES string of the molecule is O=C(NCC[C@H](O)c1ccco1)NCc1ccc(Cl)cc1. The number of rotatable bonds is 6. The lowest BCUT2D eigenvalue weighted by molar-refractivity contribution is 0.140. The van der Waals surface area contributed by atoms with Crippen molar-refractivity contribution in [2.75, 3.05) is 6.54 Å². The predicted octanol–water partition coefficient (Wildman–Crippen LogP) is 2.86. The molecule has 2 aromatic rings. The second-order valence-corrected chi connectivity index (χ2v) is 4.99. The Bertz CT molecular complexity index is 555. The van der Waals surface area contributed by atoms with Gasteiger partial charge in [-0.15, -0.1) is 0 Å². The van der Waals surface area contributed by atoms with Crippen LogP contribution in [-0.4, -0.2) is 17.7 Å². The van der Waals surface area contributed by atoms with Crippen LogP contribution in [0.1, 0.15) is 23.8 Å². The molecule has 0 radical (unpaired) electrons. The van der Waals surface area contributed by atoms with Crippen molar-refractivity contribution < 1.29 is 14.3 Å². The second kappa shape index (κ2) is 7.71. The molecule has 2 rings (SSSR count). The lowest BCUT2D eigenvalue weighted by Gasteiger charge is -2.10. The van der Waals surface area contributed by atoms with Gasteiger partial charge in [-0.2, -0.15) is 0 Å². The Labute approximate surface area is 127 Å². The number of carbonyl (C=O) groups excluding carboxylic acids is 1. The quantitative estimate of drug-likeness (QED) is 0.768. The van der Waals surface area contributed by atoms with E-state index in [2.05, 4.69) is 10.6 Å². The highest BCUT2D eigenvalue weighted by molar-refractivity contribution is 6.30. The fraction of sp³-hybridized carbons (Fsp3) is 0.267. The smallest absolute Gasteiger partial charge is 0.315 e. The van der Waals surface area contributed by atoms with E-state index in [0.717, 1.165) is 5.56 Å². The molecule has 0 unspecified atom stereocenters. The van der Waals surface area contributed by atoms with Gasteiger partial charge < -0.3 is 20.2 Å². The number of furan rings is 1. The zero-order valence-electron chi connectivity index (χ0n) is 11.4. The van der Waals surface area contributed by atoms with E-state index < -0.39 is 6.10 Å². The van der Waals surface area contributed by atoms with Gasteiger partial charge in [0.1, 0.15) is 11.9 Å². The van der Waals surface area contributed by atoms with Crippen molar-refractivity contribution in [3.8, 4) is 0 Å². The number of nitrogens with one attached hydrogen (secondary N) is 2. The molecule has 1 aromatic heterocycles. The molecule has 0 spiro atoms. The molecule has 1 atom stereocenters. The summed E-state index contributed by atoms with van der Waals surface area (Å²) in [6, 6.07) is 10.4. The number of halogens is 1. The zero-order valence-corrected chi connectivity index (χ0v) is 12.1. The summed E-state index contributed by atoms with van der Waals surface area (Å²) in [6.07, 6.45) is 1.18. The van der Waals surface area contributed by atoms with Gasteiger partial charge in [0.05, 0.1) is 6.26 Å². The van der Waals surface area contributed by atoms with Crippen LogP contribution in [0.5, 0.6) is 0 Å². The third-order valence-corrected chi connectivity index (χ3v) is 3.19. The van der Waals surface area contributed by atoms with Crippen LogP contribution in [0.15, 0.2) is 47.1 Å². The van der Waals surface area contributed by atoms with Crippen LogP contribution in [0, 0.1) is 0 Å². The van der Waals surface area contributed by atoms with E-state index in [9.17, 15) is 9.90 Å². The van der Waals surface area contributed by atoms with Crippen molar-refractivity contribution in [3.63, 3.8) is 0 Å². The Morgan fingerprint density at radius 2 is 2.00 bits per heavy atom. The first-order valence-corrected chi connectivity index (χ1v) is 7.00. The van der Waals surface area contributed by atoms with Crippen molar-refractivity contribution in [3.05, 3.63) is 59.0 Å². The van der Waals surface area contributed by atoms with Crippen LogP contribution < -0.4 is 10.6 Å². The molecule has 0 aliphatic rings. The normalized spacial score (nSPS) is 11.9. The molecule has 1 aromatic carbocycles. The maximum Gasteiger partial charge on any atom is 0.315 e. The van der Waals surface area contributed by atoms with Crippen molar-refractivity contribution in [1.82, 2.24) is 10.6 Å². The Morgan fingerprint density at radius 3 is 2.67 bits per heavy atom. The van der Waals surface area contributed by atoms with Crippen LogP contribution in [-0.2, 0) is 6.54 Å². The summed E-state index contributed by atoms with van der Waals surface area (Å²) in [4.78, 5) is 11.6. The third-order valence-electron chi connectivity index (χ3n) is 2.94. The predicted molar refractivity (Wildman–Crippen MR) is 80.0 cm³/mol. The van der Waals surface area contributed by atoms with E-state index in [0.29, 0.717) is 30.3 Å². The summed E-state index contributed by atoms with van der Waals surface area (Å²) in [5.41, 5.74) is 0.963. The minimum Gasteiger partial charge on any atom is -0.467 e. The van der Waals surface area contributed by atoms with Crippen LogP contribution in [0.3, 0.4) is 0 Å². The van der Waals surface area contributed by atoms with Crippen LogP contribution in [0.4, 0.5) is 4.79 Å². The first-order valence-electron chi connectivity index (χ1n) is 6.63. The van der Waals surface area contributed by atoms with Crippen LogP contribution in [0.2, 0.25) is 5.02 Å². The van der Waals surface area contributed by atoms with Crippen LogP contribution >= 0.6 is 11.6 Å². The fourth-order valence-electron chi connectivity index (χ4n) is 1.79. The Balaban J connectivity index is 1.64. The highest BCUT2D eigenvalue weighted by Crippen LogP contribution is 2.15. The molecule has 0 fully saturated rings. The zero-order chi connectivity index (χ0) is 15.1. The fourth-order valence-corrected chi connectivity index (χ4v) is 1.92. The van der Waals surface area contributed by atoms with E-state index in [-0.39, 0.29) is 6.03 Å². The highest BCUT2D eigenvalue weighted by Gasteiger charge is 2.10. The summed E-state index contributed by atoms with van der Waals surface area (Å²) in [5.74, 6) is 0.498. The number of benzene rings is 1. The van der Waals surface area contributed by atoms with Crippen molar-refractivity contribution in [1.29, 1.82) is 0 Å². The molecule has 0 aliphatic carbocycles. The standard InChI is InChI=1S/C15H17ClN2O3/c16-12-5-3-11(4-6-12)10-18-15(20)17-8-7-13(19)14-2-1-9-21-14/h1-6,9,13,19H,7-8,10H2,(H2,17,18,20)/t13-/m0/s1. The number of aliphatic hydroxyl groups is 1. The number of hydrogen-bond donors (Lipinski definition) is 3. The summed E-state index contributed by atoms with van der Waals surface area (Å²) in [5, 5.41) is 15.8. The highest BCUT2D eigenvalue weighted by atomic mass is 35.5. The number of amides is 2. The molecule has 0 saturated carbocycles. The van der Waals surface area contributed by atoms with Gasteiger partial charge in [-0.3, -0.25) is 0 Å². The Morgan fingerprint density at radius 1 is 1.24 bits per heavy atom. The molecular formula is C15H17ClN2O3. The van der Waals surface area contributed by atoms with Crippen molar-refractivity contribution in [2.24, 2.45) is 0 Å². The first-order chi connectivity index (χ1) is 10.1. The maximum absolute atomic E-state index is 11.6. The van der Waals surface area contributed by atoms with Crippen LogP contribution in [0.25, 0.3) is 0 Å². The molecule has 3 N–H and O–H groups in total. The van der Waals surface area contributed by atoms with Gasteiger partial charge in [0.2, 0.25) is 0 Å². The summed E-state index contributed by atoms with van der Waals surface area (Å²) in [6.45, 7) is 0.776. The van der Waals surface area contributed by atoms with Gasteiger partial charge in [0.25, 0.3) is 0 Å². The topological polar surface area (TPSA) is 74.5 Å². The van der Waals surface area contributed by atoms with Gasteiger partial charge in [0, 0.05) is 18.1 Å². The minimum atomic E-state index is -0.712. The van der Waals surface area contributed by atoms with E-state index in [1.54, 1.807) is 24.3 Å². The third kappa shape index (κ3) is 5.13. The number of carbonyl (C=O) groups is 1. The summed E-state index contributed by atoms with van der Waals surface area (Å²) < 4.78 is 5.08. The van der Waals surface area contributed by atoms with Gasteiger partial charge in [0.15, 0.2) is 0 Å². The lowest BCUT2D eigenvalue weighted by Crippen LogP contribution is -2.36. The van der Waals surface area contributed by atoms with Crippen molar-refractivity contribution in [2.45, 2.75) is 19.1 Å². The number of hydrogen-bond acceptors (Lipinski definition) is 3. The lowest BCUT2D eigenvalue weighted by atomic mass is 10.2. The van der Waals surface area contributed by atoms with Gasteiger partial charge in [-0.25, -0.2) is 4.79 Å². The second-order valence-electron chi connectivity index (χ2n) is 4.56. The van der Waals surface area contributed by atoms with E-state index in [4.69, 9.17) is 16.0 Å². The van der Waals surface area contributed by atoms with Crippen molar-refractivity contribution >= 4 is 17.6 Å². The molecule has 0 bridgehead atoms. The number of aliphatic hydroxyl groups excluding tert-OH is 1. The average Bonchev–Trinajstić information content (AvgIpc) is 3.01. The molecule has 0 saturated heterocycles.